The first-order valence-corrected chi connectivity index (χ1v) is 7.21. The summed E-state index contributed by atoms with van der Waals surface area (Å²) in [5.74, 6) is 0. The van der Waals surface area contributed by atoms with Gasteiger partial charge < -0.3 is 11.1 Å². The highest BCUT2D eigenvalue weighted by atomic mass is 32.2. The van der Waals surface area contributed by atoms with Gasteiger partial charge in [0.1, 0.15) is 0 Å². The van der Waals surface area contributed by atoms with Gasteiger partial charge in [0.2, 0.25) is 10.0 Å². The first-order valence-electron chi connectivity index (χ1n) is 5.67. The molecule has 0 spiro atoms. The molecule has 2 rings (SSSR count). The first kappa shape index (κ1) is 13.4. The summed E-state index contributed by atoms with van der Waals surface area (Å²) in [5.41, 5.74) is 7.90. The zero-order valence-electron chi connectivity index (χ0n) is 10.2. The van der Waals surface area contributed by atoms with Crippen LogP contribution in [0, 0.1) is 0 Å². The van der Waals surface area contributed by atoms with Crippen LogP contribution in [0.3, 0.4) is 0 Å². The lowest BCUT2D eigenvalue weighted by molar-refractivity contribution is 0.598. The number of anilines is 2. The van der Waals surface area contributed by atoms with Crippen LogP contribution < -0.4 is 16.2 Å². The van der Waals surface area contributed by atoms with E-state index in [4.69, 9.17) is 10.9 Å². The Balaban J connectivity index is 2.21. The molecule has 0 aliphatic heterocycles. The summed E-state index contributed by atoms with van der Waals surface area (Å²) < 4.78 is 22.6. The van der Waals surface area contributed by atoms with E-state index >= 15 is 0 Å². The van der Waals surface area contributed by atoms with Crippen LogP contribution in [0.1, 0.15) is 5.56 Å². The summed E-state index contributed by atoms with van der Waals surface area (Å²) in [6.07, 6.45) is 0. The molecule has 0 saturated carbocycles. The van der Waals surface area contributed by atoms with Gasteiger partial charge in [-0.1, -0.05) is 30.3 Å². The van der Waals surface area contributed by atoms with Crippen molar-refractivity contribution in [3.63, 3.8) is 0 Å². The predicted octanol–water partition coefficient (Wildman–Crippen LogP) is 1.53. The third kappa shape index (κ3) is 3.46. The molecule has 0 amide bonds. The Labute approximate surface area is 112 Å². The third-order valence-electron chi connectivity index (χ3n) is 2.68. The van der Waals surface area contributed by atoms with Crippen molar-refractivity contribution in [2.45, 2.75) is 11.4 Å². The summed E-state index contributed by atoms with van der Waals surface area (Å²) >= 11 is 0. The molecule has 100 valence electrons. The van der Waals surface area contributed by atoms with Gasteiger partial charge in [0.25, 0.3) is 0 Å². The Bertz CT molecular complexity index is 670. The molecular formula is C13H15N3O2S. The van der Waals surface area contributed by atoms with Gasteiger partial charge in [-0.25, -0.2) is 13.6 Å². The first-order chi connectivity index (χ1) is 8.97. The van der Waals surface area contributed by atoms with Gasteiger partial charge in [0, 0.05) is 6.54 Å². The molecule has 6 heteroatoms. The van der Waals surface area contributed by atoms with E-state index in [0.717, 1.165) is 5.56 Å². The van der Waals surface area contributed by atoms with Gasteiger partial charge in [0.15, 0.2) is 0 Å². The minimum atomic E-state index is -3.72. The molecule has 5 N–H and O–H groups in total. The largest absolute Gasteiger partial charge is 0.397 e. The molecule has 19 heavy (non-hydrogen) atoms. The number of hydrogen-bond donors (Lipinski definition) is 3. The second kappa shape index (κ2) is 5.29. The van der Waals surface area contributed by atoms with Gasteiger partial charge in [-0.15, -0.1) is 0 Å². The van der Waals surface area contributed by atoms with Crippen LogP contribution in [0.25, 0.3) is 0 Å². The van der Waals surface area contributed by atoms with Gasteiger partial charge in [-0.05, 0) is 23.8 Å². The number of primary sulfonamides is 1. The smallest absolute Gasteiger partial charge is 0.238 e. The highest BCUT2D eigenvalue weighted by Crippen LogP contribution is 2.22. The number of benzene rings is 2. The highest BCUT2D eigenvalue weighted by molar-refractivity contribution is 7.89. The average Bonchev–Trinajstić information content (AvgIpc) is 2.37. The minimum absolute atomic E-state index is 0.0391. The van der Waals surface area contributed by atoms with Crippen LogP contribution in [0.5, 0.6) is 0 Å². The fourth-order valence-electron chi connectivity index (χ4n) is 1.66. The summed E-state index contributed by atoms with van der Waals surface area (Å²) in [6.45, 7) is 0.555. The van der Waals surface area contributed by atoms with E-state index in [1.54, 1.807) is 0 Å². The molecule has 0 aliphatic rings. The lowest BCUT2D eigenvalue weighted by Crippen LogP contribution is -2.13. The molecule has 2 aromatic carbocycles. The van der Waals surface area contributed by atoms with Crippen LogP contribution in [-0.4, -0.2) is 8.42 Å². The Kier molecular flexibility index (Phi) is 3.73. The van der Waals surface area contributed by atoms with Crippen molar-refractivity contribution in [3.05, 3.63) is 54.1 Å². The molecule has 0 atom stereocenters. The molecule has 5 nitrogen and oxygen atoms in total. The Hall–Kier alpha value is -2.05. The quantitative estimate of drug-likeness (QED) is 0.738. The molecular weight excluding hydrogens is 262 g/mol. The SMILES string of the molecule is Nc1ccc(S(N)(=O)=O)cc1NCc1ccccc1. The molecule has 2 aromatic rings. The number of sulfonamides is 1. The maximum absolute atomic E-state index is 11.3. The van der Waals surface area contributed by atoms with Gasteiger partial charge in [-0.2, -0.15) is 0 Å². The second-order valence-electron chi connectivity index (χ2n) is 4.13. The maximum atomic E-state index is 11.3. The fraction of sp³-hybridized carbons (Fsp3) is 0.0769. The van der Waals surface area contributed by atoms with Gasteiger partial charge in [-0.3, -0.25) is 0 Å². The van der Waals surface area contributed by atoms with E-state index in [1.807, 2.05) is 30.3 Å². The third-order valence-corrected chi connectivity index (χ3v) is 3.59. The molecule has 0 bridgehead atoms. The number of rotatable bonds is 4. The van der Waals surface area contributed by atoms with Crippen molar-refractivity contribution in [1.82, 2.24) is 0 Å². The number of nitrogens with two attached hydrogens (primary N) is 2. The zero-order valence-corrected chi connectivity index (χ0v) is 11.0. The summed E-state index contributed by atoms with van der Waals surface area (Å²) in [6, 6.07) is 14.1. The summed E-state index contributed by atoms with van der Waals surface area (Å²) in [5, 5.41) is 8.18. The van der Waals surface area contributed by atoms with Crippen molar-refractivity contribution < 1.29 is 8.42 Å². The van der Waals surface area contributed by atoms with E-state index in [-0.39, 0.29) is 4.90 Å². The van der Waals surface area contributed by atoms with Crippen molar-refractivity contribution in [2.75, 3.05) is 11.1 Å². The normalized spacial score (nSPS) is 11.2. The second-order valence-corrected chi connectivity index (χ2v) is 5.69. The highest BCUT2D eigenvalue weighted by Gasteiger charge is 2.10. The predicted molar refractivity (Wildman–Crippen MR) is 76.0 cm³/mol. The summed E-state index contributed by atoms with van der Waals surface area (Å²) in [4.78, 5) is 0.0391. The van der Waals surface area contributed by atoms with E-state index in [9.17, 15) is 8.42 Å². The Morgan fingerprint density at radius 3 is 2.37 bits per heavy atom. The Morgan fingerprint density at radius 1 is 1.05 bits per heavy atom. The molecule has 0 heterocycles. The standard InChI is InChI=1S/C13H15N3O2S/c14-12-7-6-11(19(15,17)18)8-13(12)16-9-10-4-2-1-3-5-10/h1-8,16H,9,14H2,(H2,15,17,18). The van der Waals surface area contributed by atoms with Gasteiger partial charge >= 0.3 is 0 Å². The van der Waals surface area contributed by atoms with Crippen LogP contribution in [-0.2, 0) is 16.6 Å². The van der Waals surface area contributed by atoms with E-state index in [1.165, 1.54) is 18.2 Å². The monoisotopic (exact) mass is 277 g/mol. The topological polar surface area (TPSA) is 98.2 Å². The molecule has 0 unspecified atom stereocenters. The van der Waals surface area contributed by atoms with Gasteiger partial charge in [0.05, 0.1) is 16.3 Å². The van der Waals surface area contributed by atoms with Crippen LogP contribution >= 0.6 is 0 Å². The maximum Gasteiger partial charge on any atom is 0.238 e. The lowest BCUT2D eigenvalue weighted by atomic mass is 10.2. The van der Waals surface area contributed by atoms with Crippen molar-refractivity contribution in [1.29, 1.82) is 0 Å². The fourth-order valence-corrected chi connectivity index (χ4v) is 2.20. The molecule has 0 radical (unpaired) electrons. The van der Waals surface area contributed by atoms with Crippen LogP contribution in [0.4, 0.5) is 11.4 Å². The minimum Gasteiger partial charge on any atom is -0.397 e. The van der Waals surface area contributed by atoms with E-state index in [0.29, 0.717) is 17.9 Å². The number of nitrogens with one attached hydrogen (secondary N) is 1. The number of hydrogen-bond acceptors (Lipinski definition) is 4. The van der Waals surface area contributed by atoms with E-state index in [2.05, 4.69) is 5.32 Å². The van der Waals surface area contributed by atoms with E-state index < -0.39 is 10.0 Å². The van der Waals surface area contributed by atoms with Crippen LogP contribution in [0.15, 0.2) is 53.4 Å². The molecule has 0 aliphatic carbocycles. The summed E-state index contributed by atoms with van der Waals surface area (Å²) in [7, 11) is -3.72. The van der Waals surface area contributed by atoms with Crippen molar-refractivity contribution >= 4 is 21.4 Å². The Morgan fingerprint density at radius 2 is 1.74 bits per heavy atom. The molecule has 0 aromatic heterocycles. The number of nitrogen functional groups attached to an aromatic ring is 1. The van der Waals surface area contributed by atoms with Crippen molar-refractivity contribution in [2.24, 2.45) is 5.14 Å². The molecule has 0 saturated heterocycles. The zero-order chi connectivity index (χ0) is 13.9. The lowest BCUT2D eigenvalue weighted by Gasteiger charge is -2.10. The van der Waals surface area contributed by atoms with Crippen LogP contribution in [0.2, 0.25) is 0 Å². The van der Waals surface area contributed by atoms with Crippen molar-refractivity contribution in [3.8, 4) is 0 Å². The molecule has 0 fully saturated rings. The average molecular weight is 277 g/mol.